The van der Waals surface area contributed by atoms with Crippen molar-refractivity contribution in [3.63, 3.8) is 0 Å². The van der Waals surface area contributed by atoms with Gasteiger partial charge in [-0.25, -0.2) is 4.98 Å². The number of aromatic nitrogens is 2. The molecule has 1 saturated carbocycles. The fourth-order valence-electron chi connectivity index (χ4n) is 2.10. The number of thioether (sulfide) groups is 1. The molecular formula is C12H15N3O2S. The van der Waals surface area contributed by atoms with E-state index >= 15 is 0 Å². The fourth-order valence-corrected chi connectivity index (χ4v) is 3.21. The van der Waals surface area contributed by atoms with Gasteiger partial charge in [0.2, 0.25) is 5.91 Å². The molecule has 1 fully saturated rings. The van der Waals surface area contributed by atoms with Crippen LogP contribution in [0.1, 0.15) is 30.9 Å². The minimum Gasteiger partial charge on any atom is -0.353 e. The maximum Gasteiger partial charge on any atom is 0.257 e. The van der Waals surface area contributed by atoms with Crippen LogP contribution in [0.25, 0.3) is 0 Å². The van der Waals surface area contributed by atoms with Crippen molar-refractivity contribution in [1.82, 2.24) is 14.9 Å². The topological polar surface area (TPSA) is 64.0 Å². The van der Waals surface area contributed by atoms with Crippen molar-refractivity contribution < 1.29 is 4.79 Å². The first-order chi connectivity index (χ1) is 8.65. The van der Waals surface area contributed by atoms with Gasteiger partial charge in [-0.3, -0.25) is 14.2 Å². The third-order valence-electron chi connectivity index (χ3n) is 3.26. The largest absolute Gasteiger partial charge is 0.353 e. The van der Waals surface area contributed by atoms with Gasteiger partial charge >= 0.3 is 0 Å². The normalized spacial score (nSPS) is 21.7. The third kappa shape index (κ3) is 2.16. The van der Waals surface area contributed by atoms with E-state index in [0.717, 1.165) is 23.8 Å². The molecular weight excluding hydrogens is 250 g/mol. The van der Waals surface area contributed by atoms with Crippen LogP contribution in [0.5, 0.6) is 0 Å². The van der Waals surface area contributed by atoms with Gasteiger partial charge in [-0.1, -0.05) is 11.8 Å². The lowest BCUT2D eigenvalue weighted by Crippen LogP contribution is -2.32. The van der Waals surface area contributed by atoms with Gasteiger partial charge in [0.25, 0.3) is 5.56 Å². The first-order valence-electron chi connectivity index (χ1n) is 6.15. The third-order valence-corrected chi connectivity index (χ3v) is 4.38. The molecule has 0 aromatic carbocycles. The summed E-state index contributed by atoms with van der Waals surface area (Å²) in [5.74, 6) is 0.799. The molecule has 0 unspecified atom stereocenters. The number of carbonyl (C=O) groups excluding carboxylic acids is 1. The summed E-state index contributed by atoms with van der Waals surface area (Å²) >= 11 is 1.55. The highest BCUT2D eigenvalue weighted by molar-refractivity contribution is 7.99. The second-order valence-electron chi connectivity index (χ2n) is 4.91. The van der Waals surface area contributed by atoms with E-state index in [1.165, 1.54) is 0 Å². The fraction of sp³-hybridized carbons (Fsp3) is 0.583. The van der Waals surface area contributed by atoms with Crippen molar-refractivity contribution in [2.75, 3.05) is 5.75 Å². The summed E-state index contributed by atoms with van der Waals surface area (Å²) in [5.41, 5.74) is 0.614. The summed E-state index contributed by atoms with van der Waals surface area (Å²) in [6.45, 7) is 1.76. The number of amides is 1. The molecule has 18 heavy (non-hydrogen) atoms. The minimum absolute atomic E-state index is 0.0192. The molecule has 1 aromatic heterocycles. The van der Waals surface area contributed by atoms with E-state index in [1.54, 1.807) is 29.4 Å². The maximum absolute atomic E-state index is 12.1. The molecule has 0 saturated heterocycles. The summed E-state index contributed by atoms with van der Waals surface area (Å²) in [7, 11) is 0. The van der Waals surface area contributed by atoms with Gasteiger partial charge in [-0.2, -0.15) is 0 Å². The summed E-state index contributed by atoms with van der Waals surface area (Å²) in [6.07, 6.45) is 4.15. The number of carbonyl (C=O) groups is 1. The highest BCUT2D eigenvalue weighted by Gasteiger charge is 2.29. The van der Waals surface area contributed by atoms with E-state index in [9.17, 15) is 9.59 Å². The van der Waals surface area contributed by atoms with E-state index < -0.39 is 0 Å². The SMILES string of the molecule is Cc1cnc2n(c1=O)[C@H](CC(=O)NC1CC1)CS2. The van der Waals surface area contributed by atoms with Crippen LogP contribution < -0.4 is 10.9 Å². The Morgan fingerprint density at radius 3 is 3.11 bits per heavy atom. The lowest BCUT2D eigenvalue weighted by Gasteiger charge is -2.13. The summed E-state index contributed by atoms with van der Waals surface area (Å²) in [4.78, 5) is 28.1. The molecule has 0 bridgehead atoms. The van der Waals surface area contributed by atoms with Crippen molar-refractivity contribution in [2.24, 2.45) is 0 Å². The van der Waals surface area contributed by atoms with Crippen LogP contribution in [0.15, 0.2) is 16.1 Å². The molecule has 96 valence electrons. The van der Waals surface area contributed by atoms with Crippen LogP contribution in [0.4, 0.5) is 0 Å². The van der Waals surface area contributed by atoms with Gasteiger partial charge in [-0.15, -0.1) is 0 Å². The van der Waals surface area contributed by atoms with Crippen LogP contribution >= 0.6 is 11.8 Å². The van der Waals surface area contributed by atoms with Crippen molar-refractivity contribution in [1.29, 1.82) is 0 Å². The summed E-state index contributed by atoms with van der Waals surface area (Å²) in [6, 6.07) is 0.321. The van der Waals surface area contributed by atoms with Crippen LogP contribution in [-0.4, -0.2) is 27.3 Å². The Balaban J connectivity index is 1.78. The molecule has 1 aliphatic carbocycles. The van der Waals surface area contributed by atoms with E-state index in [4.69, 9.17) is 0 Å². The number of rotatable bonds is 3. The first kappa shape index (κ1) is 11.8. The molecule has 1 atom stereocenters. The molecule has 1 N–H and O–H groups in total. The molecule has 1 aromatic rings. The predicted octanol–water partition coefficient (Wildman–Crippen LogP) is 0.867. The van der Waals surface area contributed by atoms with E-state index in [1.807, 2.05) is 0 Å². The molecule has 6 heteroatoms. The lowest BCUT2D eigenvalue weighted by atomic mass is 10.2. The second-order valence-corrected chi connectivity index (χ2v) is 5.90. The Kier molecular flexibility index (Phi) is 2.89. The molecule has 0 spiro atoms. The van der Waals surface area contributed by atoms with E-state index in [2.05, 4.69) is 10.3 Å². The van der Waals surface area contributed by atoms with Gasteiger partial charge in [0.15, 0.2) is 5.16 Å². The molecule has 3 rings (SSSR count). The van der Waals surface area contributed by atoms with Crippen LogP contribution in [0.2, 0.25) is 0 Å². The molecule has 0 radical (unpaired) electrons. The zero-order valence-electron chi connectivity index (χ0n) is 10.2. The van der Waals surface area contributed by atoms with Crippen molar-refractivity contribution in [3.8, 4) is 0 Å². The van der Waals surface area contributed by atoms with Crippen molar-refractivity contribution in [2.45, 2.75) is 43.4 Å². The number of nitrogens with zero attached hydrogens (tertiary/aromatic N) is 2. The smallest absolute Gasteiger partial charge is 0.257 e. The highest BCUT2D eigenvalue weighted by atomic mass is 32.2. The number of hydrogen-bond donors (Lipinski definition) is 1. The average molecular weight is 265 g/mol. The summed E-state index contributed by atoms with van der Waals surface area (Å²) < 4.78 is 1.67. The van der Waals surface area contributed by atoms with Crippen LogP contribution in [0, 0.1) is 6.92 Å². The Morgan fingerprint density at radius 1 is 1.61 bits per heavy atom. The van der Waals surface area contributed by atoms with Gasteiger partial charge < -0.3 is 5.32 Å². The number of nitrogens with one attached hydrogen (secondary N) is 1. The Morgan fingerprint density at radius 2 is 2.39 bits per heavy atom. The first-order valence-corrected chi connectivity index (χ1v) is 7.14. The van der Waals surface area contributed by atoms with Gasteiger partial charge in [0.1, 0.15) is 0 Å². The van der Waals surface area contributed by atoms with Gasteiger partial charge in [0, 0.05) is 30.0 Å². The van der Waals surface area contributed by atoms with Gasteiger partial charge in [0.05, 0.1) is 6.04 Å². The van der Waals surface area contributed by atoms with Crippen molar-refractivity contribution >= 4 is 17.7 Å². The van der Waals surface area contributed by atoms with Gasteiger partial charge in [-0.05, 0) is 19.8 Å². The lowest BCUT2D eigenvalue weighted by molar-refractivity contribution is -0.121. The Labute approximate surface area is 109 Å². The monoisotopic (exact) mass is 265 g/mol. The molecule has 1 amide bonds. The maximum atomic E-state index is 12.1. The summed E-state index contributed by atoms with van der Waals surface area (Å²) in [5, 5.41) is 3.69. The number of aryl methyl sites for hydroxylation is 1. The quantitative estimate of drug-likeness (QED) is 0.824. The van der Waals surface area contributed by atoms with E-state index in [0.29, 0.717) is 18.0 Å². The zero-order valence-corrected chi connectivity index (χ0v) is 11.0. The number of hydrogen-bond acceptors (Lipinski definition) is 4. The molecule has 1 aliphatic heterocycles. The Bertz CT molecular complexity index is 551. The highest BCUT2D eigenvalue weighted by Crippen LogP contribution is 2.32. The second kappa shape index (κ2) is 4.42. The Hall–Kier alpha value is -1.30. The average Bonchev–Trinajstić information content (AvgIpc) is 3.04. The molecule has 5 nitrogen and oxygen atoms in total. The predicted molar refractivity (Wildman–Crippen MR) is 68.8 cm³/mol. The van der Waals surface area contributed by atoms with Crippen LogP contribution in [-0.2, 0) is 4.79 Å². The molecule has 2 aliphatic rings. The standard InChI is InChI=1S/C12H15N3O2S/c1-7-5-13-12-15(11(7)17)9(6-18-12)4-10(16)14-8-2-3-8/h5,8-9H,2-4,6H2,1H3,(H,14,16)/t9-/m1/s1. The minimum atomic E-state index is -0.0522. The number of fused-ring (bicyclic) bond motifs is 1. The molecule has 2 heterocycles. The van der Waals surface area contributed by atoms with Crippen LogP contribution in [0.3, 0.4) is 0 Å². The van der Waals surface area contributed by atoms with Crippen molar-refractivity contribution in [3.05, 3.63) is 22.1 Å². The zero-order chi connectivity index (χ0) is 12.7. The van der Waals surface area contributed by atoms with E-state index in [-0.39, 0.29) is 17.5 Å².